The molecule has 3 fully saturated rings. The van der Waals surface area contributed by atoms with Crippen molar-refractivity contribution in [3.63, 3.8) is 0 Å². The Kier molecular flexibility index (Phi) is 3.62. The number of carbonyl (C=O) groups is 1. The number of aliphatic hydroxyl groups is 5. The molecule has 4 aliphatic rings. The quantitative estimate of drug-likeness (QED) is 0.416. The van der Waals surface area contributed by atoms with Gasteiger partial charge in [-0.1, -0.05) is 13.8 Å². The molecule has 6 nitrogen and oxygen atoms in total. The second-order valence-corrected chi connectivity index (χ2v) is 9.22. The first-order chi connectivity index (χ1) is 11.5. The molecule has 0 aromatic rings. The SMILES string of the molecule is C[C@]12C[C@H](O)[C@H](O)C[C@H]1C(=O)C=C1[C@@H]2[C@H](O)C[C@]2(C)[C@@H](O)CC[C@@]12O. The second kappa shape index (κ2) is 5.14. The second-order valence-electron chi connectivity index (χ2n) is 9.22. The van der Waals surface area contributed by atoms with E-state index in [0.29, 0.717) is 18.4 Å². The molecule has 5 N–H and O–H groups in total. The molecular weight excluding hydrogens is 324 g/mol. The Bertz CT molecular complexity index is 646. The summed E-state index contributed by atoms with van der Waals surface area (Å²) < 4.78 is 0. The van der Waals surface area contributed by atoms with Crippen LogP contribution in [0.1, 0.15) is 46.0 Å². The molecule has 4 aliphatic carbocycles. The molecule has 0 radical (unpaired) electrons. The average Bonchev–Trinajstić information content (AvgIpc) is 2.74. The van der Waals surface area contributed by atoms with Crippen molar-refractivity contribution in [1.29, 1.82) is 0 Å². The van der Waals surface area contributed by atoms with E-state index in [2.05, 4.69) is 0 Å². The van der Waals surface area contributed by atoms with Crippen LogP contribution in [0.25, 0.3) is 0 Å². The standard InChI is InChI=1S/C19H28O6/c1-17-7-13(22)12(21)5-9(17)11(20)6-10-16(17)14(23)8-18(2)15(24)3-4-19(10,18)25/h6,9,12-16,21-25H,3-5,7-8H2,1-2H3/t9-,12+,13-,14+,15-,16+,17-,18+,19+/m0/s1. The van der Waals surface area contributed by atoms with Crippen LogP contribution in [0.5, 0.6) is 0 Å². The van der Waals surface area contributed by atoms with Crippen molar-refractivity contribution in [1.82, 2.24) is 0 Å². The molecule has 0 aromatic heterocycles. The molecule has 0 bridgehead atoms. The van der Waals surface area contributed by atoms with Crippen molar-refractivity contribution in [2.24, 2.45) is 22.7 Å². The third-order valence-corrected chi connectivity index (χ3v) is 8.01. The van der Waals surface area contributed by atoms with Gasteiger partial charge in [0.25, 0.3) is 0 Å². The van der Waals surface area contributed by atoms with Crippen LogP contribution in [0.4, 0.5) is 0 Å². The van der Waals surface area contributed by atoms with Gasteiger partial charge in [0.2, 0.25) is 0 Å². The van der Waals surface area contributed by atoms with Crippen LogP contribution in [0.2, 0.25) is 0 Å². The Morgan fingerprint density at radius 1 is 1.04 bits per heavy atom. The van der Waals surface area contributed by atoms with Gasteiger partial charge in [-0.25, -0.2) is 0 Å². The van der Waals surface area contributed by atoms with Crippen molar-refractivity contribution in [2.75, 3.05) is 0 Å². The van der Waals surface area contributed by atoms with Crippen LogP contribution < -0.4 is 0 Å². The maximum Gasteiger partial charge on any atom is 0.159 e. The van der Waals surface area contributed by atoms with Crippen molar-refractivity contribution in [2.45, 2.75) is 76.0 Å². The van der Waals surface area contributed by atoms with Crippen LogP contribution in [0.15, 0.2) is 11.6 Å². The topological polar surface area (TPSA) is 118 Å². The van der Waals surface area contributed by atoms with Gasteiger partial charge in [-0.3, -0.25) is 4.79 Å². The summed E-state index contributed by atoms with van der Waals surface area (Å²) in [4.78, 5) is 12.8. The molecule has 0 saturated heterocycles. The van der Waals surface area contributed by atoms with E-state index in [1.807, 2.05) is 6.92 Å². The van der Waals surface area contributed by atoms with E-state index in [1.165, 1.54) is 6.08 Å². The largest absolute Gasteiger partial charge is 0.392 e. The van der Waals surface area contributed by atoms with Crippen LogP contribution in [0.3, 0.4) is 0 Å². The first kappa shape index (κ1) is 17.6. The third-order valence-electron chi connectivity index (χ3n) is 8.01. The fourth-order valence-electron chi connectivity index (χ4n) is 6.46. The zero-order valence-electron chi connectivity index (χ0n) is 14.7. The molecule has 0 heterocycles. The number of fused-ring (bicyclic) bond motifs is 5. The summed E-state index contributed by atoms with van der Waals surface area (Å²) in [7, 11) is 0. The lowest BCUT2D eigenvalue weighted by Gasteiger charge is -2.60. The van der Waals surface area contributed by atoms with Gasteiger partial charge < -0.3 is 25.5 Å². The number of hydrogen-bond donors (Lipinski definition) is 5. The zero-order valence-corrected chi connectivity index (χ0v) is 14.7. The number of hydrogen-bond acceptors (Lipinski definition) is 6. The number of aliphatic hydroxyl groups excluding tert-OH is 4. The molecule has 0 unspecified atom stereocenters. The normalized spacial score (nSPS) is 58.2. The molecular formula is C19H28O6. The van der Waals surface area contributed by atoms with Crippen LogP contribution in [-0.2, 0) is 4.79 Å². The van der Waals surface area contributed by atoms with Gasteiger partial charge in [0.1, 0.15) is 0 Å². The summed E-state index contributed by atoms with van der Waals surface area (Å²) in [5.41, 5.74) is -2.41. The minimum atomic E-state index is -1.32. The predicted octanol–water partition coefficient (Wildman–Crippen LogP) is -0.0935. The smallest absolute Gasteiger partial charge is 0.159 e. The Labute approximate surface area is 147 Å². The number of carbonyl (C=O) groups excluding carboxylic acids is 1. The number of ketones is 1. The van der Waals surface area contributed by atoms with Crippen molar-refractivity contribution >= 4 is 5.78 Å². The van der Waals surface area contributed by atoms with Gasteiger partial charge in [0, 0.05) is 17.3 Å². The Morgan fingerprint density at radius 3 is 2.40 bits per heavy atom. The van der Waals surface area contributed by atoms with Gasteiger partial charge in [0.15, 0.2) is 5.78 Å². The molecule has 0 aliphatic heterocycles. The molecule has 6 heteroatoms. The maximum atomic E-state index is 12.8. The van der Waals surface area contributed by atoms with Gasteiger partial charge in [-0.15, -0.1) is 0 Å². The highest BCUT2D eigenvalue weighted by Crippen LogP contribution is 2.65. The van der Waals surface area contributed by atoms with Gasteiger partial charge in [0.05, 0.1) is 30.0 Å². The third kappa shape index (κ3) is 2.00. The average molecular weight is 352 g/mol. The Morgan fingerprint density at radius 2 is 1.72 bits per heavy atom. The monoisotopic (exact) mass is 352 g/mol. The van der Waals surface area contributed by atoms with Crippen LogP contribution >= 0.6 is 0 Å². The molecule has 0 spiro atoms. The van der Waals surface area contributed by atoms with E-state index in [4.69, 9.17) is 0 Å². The minimum absolute atomic E-state index is 0.161. The van der Waals surface area contributed by atoms with Gasteiger partial charge >= 0.3 is 0 Å². The van der Waals surface area contributed by atoms with Crippen molar-refractivity contribution in [3.8, 4) is 0 Å². The van der Waals surface area contributed by atoms with Crippen molar-refractivity contribution in [3.05, 3.63) is 11.6 Å². The van der Waals surface area contributed by atoms with E-state index >= 15 is 0 Å². The summed E-state index contributed by atoms with van der Waals surface area (Å²) in [5, 5.41) is 53.1. The lowest BCUT2D eigenvalue weighted by atomic mass is 9.46. The maximum absolute atomic E-state index is 12.8. The molecule has 3 saturated carbocycles. The van der Waals surface area contributed by atoms with E-state index in [0.717, 1.165) is 0 Å². The molecule has 25 heavy (non-hydrogen) atoms. The fraction of sp³-hybridized carbons (Fsp3) is 0.842. The first-order valence-electron chi connectivity index (χ1n) is 9.25. The summed E-state index contributed by atoms with van der Waals surface area (Å²) in [6.45, 7) is 3.66. The fourth-order valence-corrected chi connectivity index (χ4v) is 6.46. The summed E-state index contributed by atoms with van der Waals surface area (Å²) in [6, 6.07) is 0. The lowest BCUT2D eigenvalue weighted by Crippen LogP contribution is -2.65. The molecule has 140 valence electrons. The summed E-state index contributed by atoms with van der Waals surface area (Å²) >= 11 is 0. The first-order valence-corrected chi connectivity index (χ1v) is 9.25. The van der Waals surface area contributed by atoms with Gasteiger partial charge in [-0.2, -0.15) is 0 Å². The van der Waals surface area contributed by atoms with E-state index in [-0.39, 0.29) is 25.0 Å². The number of rotatable bonds is 0. The molecule has 0 amide bonds. The lowest BCUT2D eigenvalue weighted by molar-refractivity contribution is -0.178. The Hall–Kier alpha value is -0.790. The van der Waals surface area contributed by atoms with Crippen molar-refractivity contribution < 1.29 is 30.3 Å². The molecule has 9 atom stereocenters. The molecule has 4 rings (SSSR count). The van der Waals surface area contributed by atoms with E-state index < -0.39 is 52.7 Å². The van der Waals surface area contributed by atoms with E-state index in [1.54, 1.807) is 6.92 Å². The molecule has 0 aromatic carbocycles. The highest BCUT2D eigenvalue weighted by Gasteiger charge is 2.68. The zero-order chi connectivity index (χ0) is 18.4. The summed E-state index contributed by atoms with van der Waals surface area (Å²) in [5.74, 6) is -1.10. The number of allylic oxidation sites excluding steroid dienone is 1. The van der Waals surface area contributed by atoms with Crippen LogP contribution in [-0.4, -0.2) is 61.3 Å². The minimum Gasteiger partial charge on any atom is -0.392 e. The highest BCUT2D eigenvalue weighted by molar-refractivity contribution is 5.95. The highest BCUT2D eigenvalue weighted by atomic mass is 16.3. The van der Waals surface area contributed by atoms with Gasteiger partial charge in [-0.05, 0) is 49.2 Å². The predicted molar refractivity (Wildman–Crippen MR) is 88.3 cm³/mol. The van der Waals surface area contributed by atoms with E-state index in [9.17, 15) is 30.3 Å². The Balaban J connectivity index is 1.86. The van der Waals surface area contributed by atoms with Crippen LogP contribution in [0, 0.1) is 22.7 Å². The summed E-state index contributed by atoms with van der Waals surface area (Å²) in [6.07, 6.45) is -0.556.